The van der Waals surface area contributed by atoms with Gasteiger partial charge in [-0.2, -0.15) is 13.2 Å². The molecule has 0 aromatic heterocycles. The summed E-state index contributed by atoms with van der Waals surface area (Å²) < 4.78 is 53.2. The van der Waals surface area contributed by atoms with Crippen LogP contribution in [-0.2, 0) is 0 Å². The Kier molecular flexibility index (Phi) is 7.95. The molecule has 1 saturated heterocycles. The lowest BCUT2D eigenvalue weighted by molar-refractivity contribution is -0.188. The maximum atomic E-state index is 13.3. The average molecular weight is 349 g/mol. The number of piperazine rings is 1. The number of nitrogens with zero attached hydrogens (tertiary/aromatic N) is 1. The van der Waals surface area contributed by atoms with E-state index in [1.807, 2.05) is 0 Å². The SMILES string of the molecule is Cc1ccc(F)cc1[C@@H](N1CCNCC1)C(F)(F)F.Cl.Cl. The Morgan fingerprint density at radius 2 is 1.71 bits per heavy atom. The van der Waals surface area contributed by atoms with Crippen molar-refractivity contribution >= 4 is 24.8 Å². The summed E-state index contributed by atoms with van der Waals surface area (Å²) in [6.45, 7) is 3.22. The van der Waals surface area contributed by atoms with Crippen LogP contribution in [0.15, 0.2) is 18.2 Å². The minimum Gasteiger partial charge on any atom is -0.314 e. The van der Waals surface area contributed by atoms with E-state index in [4.69, 9.17) is 0 Å². The van der Waals surface area contributed by atoms with Crippen LogP contribution in [0.4, 0.5) is 17.6 Å². The first kappa shape index (κ1) is 20.4. The van der Waals surface area contributed by atoms with Crippen LogP contribution >= 0.6 is 24.8 Å². The van der Waals surface area contributed by atoms with E-state index >= 15 is 0 Å². The Bertz CT molecular complexity index is 448. The van der Waals surface area contributed by atoms with E-state index in [0.717, 1.165) is 6.07 Å². The van der Waals surface area contributed by atoms with E-state index in [-0.39, 0.29) is 30.4 Å². The molecule has 0 saturated carbocycles. The highest BCUT2D eigenvalue weighted by molar-refractivity contribution is 5.85. The first-order chi connectivity index (χ1) is 8.89. The smallest absolute Gasteiger partial charge is 0.314 e. The number of hydrogen-bond acceptors (Lipinski definition) is 2. The minimum absolute atomic E-state index is 0. The van der Waals surface area contributed by atoms with Crippen LogP contribution in [0, 0.1) is 12.7 Å². The van der Waals surface area contributed by atoms with Crippen LogP contribution in [0.2, 0.25) is 0 Å². The maximum Gasteiger partial charge on any atom is 0.408 e. The molecule has 122 valence electrons. The number of aryl methyl sites for hydroxylation is 1. The normalized spacial score (nSPS) is 17.6. The first-order valence-electron chi connectivity index (χ1n) is 6.17. The third-order valence-corrected chi connectivity index (χ3v) is 3.36. The van der Waals surface area contributed by atoms with Gasteiger partial charge in [0, 0.05) is 26.2 Å². The van der Waals surface area contributed by atoms with Gasteiger partial charge in [0.1, 0.15) is 11.9 Å². The van der Waals surface area contributed by atoms with E-state index in [1.165, 1.54) is 17.0 Å². The molecule has 1 aliphatic rings. The molecule has 21 heavy (non-hydrogen) atoms. The van der Waals surface area contributed by atoms with E-state index in [2.05, 4.69) is 5.32 Å². The van der Waals surface area contributed by atoms with Gasteiger partial charge in [-0.15, -0.1) is 24.8 Å². The van der Waals surface area contributed by atoms with Gasteiger partial charge in [-0.1, -0.05) is 6.07 Å². The third-order valence-electron chi connectivity index (χ3n) is 3.36. The second-order valence-electron chi connectivity index (χ2n) is 4.73. The van der Waals surface area contributed by atoms with Crippen molar-refractivity contribution in [3.63, 3.8) is 0 Å². The zero-order chi connectivity index (χ0) is 14.0. The Labute approximate surface area is 133 Å². The standard InChI is InChI=1S/C13H16F4N2.2ClH/c1-9-2-3-10(14)8-11(9)12(13(15,16)17)19-6-4-18-5-7-19;;/h2-3,8,12,18H,4-7H2,1H3;2*1H/t12-;;/m1../s1. The van der Waals surface area contributed by atoms with E-state index in [1.54, 1.807) is 6.92 Å². The molecule has 0 unspecified atom stereocenters. The highest BCUT2D eigenvalue weighted by atomic mass is 35.5. The lowest BCUT2D eigenvalue weighted by Crippen LogP contribution is -2.49. The van der Waals surface area contributed by atoms with Crippen LogP contribution in [-0.4, -0.2) is 37.3 Å². The number of benzene rings is 1. The predicted molar refractivity (Wildman–Crippen MR) is 78.9 cm³/mol. The van der Waals surface area contributed by atoms with Crippen molar-refractivity contribution in [3.8, 4) is 0 Å². The summed E-state index contributed by atoms with van der Waals surface area (Å²) in [7, 11) is 0. The zero-order valence-electron chi connectivity index (χ0n) is 11.4. The highest BCUT2D eigenvalue weighted by Crippen LogP contribution is 2.39. The number of alkyl halides is 3. The number of rotatable bonds is 2. The molecule has 0 aliphatic carbocycles. The van der Waals surface area contributed by atoms with Crippen molar-refractivity contribution in [1.29, 1.82) is 0 Å². The van der Waals surface area contributed by atoms with Crippen molar-refractivity contribution in [3.05, 3.63) is 35.1 Å². The van der Waals surface area contributed by atoms with Crippen molar-refractivity contribution in [1.82, 2.24) is 10.2 Å². The summed E-state index contributed by atoms with van der Waals surface area (Å²) in [4.78, 5) is 1.36. The topological polar surface area (TPSA) is 15.3 Å². The molecule has 1 atom stereocenters. The molecular weight excluding hydrogens is 331 g/mol. The molecule has 0 radical (unpaired) electrons. The molecule has 1 N–H and O–H groups in total. The summed E-state index contributed by atoms with van der Waals surface area (Å²) in [5, 5.41) is 3.02. The monoisotopic (exact) mass is 348 g/mol. The fourth-order valence-corrected chi connectivity index (χ4v) is 2.43. The Hall–Kier alpha value is -0.560. The quantitative estimate of drug-likeness (QED) is 0.823. The third kappa shape index (κ3) is 4.98. The highest BCUT2D eigenvalue weighted by Gasteiger charge is 2.45. The van der Waals surface area contributed by atoms with Crippen molar-refractivity contribution < 1.29 is 17.6 Å². The van der Waals surface area contributed by atoms with Gasteiger partial charge in [0.2, 0.25) is 0 Å². The zero-order valence-corrected chi connectivity index (χ0v) is 13.0. The minimum atomic E-state index is -4.41. The van der Waals surface area contributed by atoms with Crippen molar-refractivity contribution in [2.24, 2.45) is 0 Å². The van der Waals surface area contributed by atoms with Gasteiger partial charge in [-0.25, -0.2) is 4.39 Å². The van der Waals surface area contributed by atoms with Gasteiger partial charge in [-0.3, -0.25) is 4.90 Å². The largest absolute Gasteiger partial charge is 0.408 e. The molecular formula is C13H18Cl2F4N2. The van der Waals surface area contributed by atoms with Gasteiger partial charge >= 0.3 is 6.18 Å². The summed E-state index contributed by atoms with van der Waals surface area (Å²) in [5.74, 6) is -0.634. The molecule has 1 aromatic carbocycles. The number of halogens is 6. The van der Waals surface area contributed by atoms with E-state index in [9.17, 15) is 17.6 Å². The van der Waals surface area contributed by atoms with Crippen molar-refractivity contribution in [2.75, 3.05) is 26.2 Å². The molecule has 2 rings (SSSR count). The fraction of sp³-hybridized carbons (Fsp3) is 0.538. The molecule has 8 heteroatoms. The Morgan fingerprint density at radius 3 is 2.24 bits per heavy atom. The first-order valence-corrected chi connectivity index (χ1v) is 6.17. The Morgan fingerprint density at radius 1 is 1.14 bits per heavy atom. The molecule has 2 nitrogen and oxygen atoms in total. The lowest BCUT2D eigenvalue weighted by Gasteiger charge is -2.36. The number of hydrogen-bond donors (Lipinski definition) is 1. The molecule has 1 heterocycles. The molecule has 0 bridgehead atoms. The van der Waals surface area contributed by atoms with Crippen molar-refractivity contribution in [2.45, 2.75) is 19.1 Å². The van der Waals surface area contributed by atoms with Gasteiger partial charge < -0.3 is 5.32 Å². The molecule has 0 amide bonds. The van der Waals surface area contributed by atoms with Gasteiger partial charge in [0.15, 0.2) is 0 Å². The van der Waals surface area contributed by atoms with Crippen LogP contribution in [0.3, 0.4) is 0 Å². The average Bonchev–Trinajstić information content (AvgIpc) is 2.33. The van der Waals surface area contributed by atoms with Crippen LogP contribution in [0.1, 0.15) is 17.2 Å². The van der Waals surface area contributed by atoms with Gasteiger partial charge in [0.25, 0.3) is 0 Å². The molecule has 1 fully saturated rings. The second kappa shape index (κ2) is 8.17. The van der Waals surface area contributed by atoms with Crippen LogP contribution in [0.5, 0.6) is 0 Å². The molecule has 1 aromatic rings. The van der Waals surface area contributed by atoms with E-state index < -0.39 is 18.0 Å². The van der Waals surface area contributed by atoms with Gasteiger partial charge in [0.05, 0.1) is 0 Å². The van der Waals surface area contributed by atoms with Crippen LogP contribution in [0.25, 0.3) is 0 Å². The van der Waals surface area contributed by atoms with Crippen LogP contribution < -0.4 is 5.32 Å². The Balaban J connectivity index is 0.00000200. The number of nitrogens with one attached hydrogen (secondary N) is 1. The summed E-state index contributed by atoms with van der Waals surface area (Å²) in [5.41, 5.74) is 0.469. The van der Waals surface area contributed by atoms with Gasteiger partial charge in [-0.05, 0) is 30.2 Å². The summed E-state index contributed by atoms with van der Waals surface area (Å²) in [6.07, 6.45) is -4.41. The summed E-state index contributed by atoms with van der Waals surface area (Å²) in [6, 6.07) is 1.84. The van der Waals surface area contributed by atoms with E-state index in [0.29, 0.717) is 31.7 Å². The maximum absolute atomic E-state index is 13.3. The fourth-order valence-electron chi connectivity index (χ4n) is 2.43. The predicted octanol–water partition coefficient (Wildman–Crippen LogP) is 3.49. The molecule has 1 aliphatic heterocycles. The lowest BCUT2D eigenvalue weighted by atomic mass is 9.98. The second-order valence-corrected chi connectivity index (χ2v) is 4.73. The summed E-state index contributed by atoms with van der Waals surface area (Å²) >= 11 is 0. The molecule has 0 spiro atoms.